The van der Waals surface area contributed by atoms with E-state index in [0.717, 1.165) is 37.3 Å². The number of hydrogen-bond donors (Lipinski definition) is 0. The average Bonchev–Trinajstić information content (AvgIpc) is 3.17. The number of carbonyl (C=O) groups excluding carboxylic acids is 1. The summed E-state index contributed by atoms with van der Waals surface area (Å²) in [6.07, 6.45) is 10.7. The van der Waals surface area contributed by atoms with Crippen LogP contribution in [0.2, 0.25) is 0 Å². The van der Waals surface area contributed by atoms with Gasteiger partial charge in [0, 0.05) is 31.7 Å². The fourth-order valence-electron chi connectivity index (χ4n) is 2.98. The second-order valence-corrected chi connectivity index (χ2v) is 6.15. The van der Waals surface area contributed by atoms with Gasteiger partial charge in [0.2, 0.25) is 5.91 Å². The van der Waals surface area contributed by atoms with E-state index in [0.29, 0.717) is 6.54 Å². The molecule has 0 aromatic carbocycles. The summed E-state index contributed by atoms with van der Waals surface area (Å²) in [5.74, 6) is 0.102. The average molecular weight is 314 g/mol. The van der Waals surface area contributed by atoms with E-state index >= 15 is 0 Å². The molecule has 1 saturated heterocycles. The van der Waals surface area contributed by atoms with Crippen LogP contribution in [-0.2, 0) is 17.9 Å². The third-order valence-electron chi connectivity index (χ3n) is 3.97. The number of likely N-dealkylation sites (tertiary alicyclic amines) is 1. The molecular weight excluding hydrogens is 292 g/mol. The van der Waals surface area contributed by atoms with Crippen LogP contribution in [0.25, 0.3) is 0 Å². The monoisotopic (exact) mass is 314 g/mol. The number of rotatable bonds is 5. The van der Waals surface area contributed by atoms with Crippen LogP contribution in [0.3, 0.4) is 0 Å². The third kappa shape index (κ3) is 3.73. The fourth-order valence-corrected chi connectivity index (χ4v) is 2.98. The Bertz CT molecular complexity index is 654. The first-order chi connectivity index (χ1) is 11.1. The molecule has 0 aliphatic carbocycles. The van der Waals surface area contributed by atoms with E-state index in [1.807, 2.05) is 19.0 Å². The number of carbonyl (C=O) groups is 1. The number of imidazole rings is 1. The van der Waals surface area contributed by atoms with Crippen LogP contribution < -0.4 is 0 Å². The van der Waals surface area contributed by atoms with Gasteiger partial charge in [-0.1, -0.05) is 0 Å². The topological polar surface area (TPSA) is 67.2 Å². The number of aromatic nitrogens is 4. The van der Waals surface area contributed by atoms with Crippen molar-refractivity contribution in [1.82, 2.24) is 29.3 Å². The zero-order valence-corrected chi connectivity index (χ0v) is 13.6. The molecule has 7 nitrogen and oxygen atoms in total. The summed E-state index contributed by atoms with van der Waals surface area (Å²) in [6, 6.07) is 0.0284. The smallest absolute Gasteiger partial charge is 0.243 e. The molecule has 1 atom stereocenters. The molecule has 0 radical (unpaired) electrons. The van der Waals surface area contributed by atoms with Crippen molar-refractivity contribution in [3.63, 3.8) is 0 Å². The van der Waals surface area contributed by atoms with Crippen LogP contribution in [-0.4, -0.2) is 55.9 Å². The molecule has 1 aliphatic heterocycles. The first-order valence-electron chi connectivity index (χ1n) is 7.84. The molecule has 1 fully saturated rings. The van der Waals surface area contributed by atoms with Gasteiger partial charge in [0.1, 0.15) is 6.54 Å². The Morgan fingerprint density at radius 1 is 1.35 bits per heavy atom. The van der Waals surface area contributed by atoms with E-state index in [2.05, 4.69) is 14.9 Å². The van der Waals surface area contributed by atoms with Gasteiger partial charge in [0.25, 0.3) is 0 Å². The van der Waals surface area contributed by atoms with E-state index < -0.39 is 0 Å². The van der Waals surface area contributed by atoms with E-state index in [-0.39, 0.29) is 11.9 Å². The maximum atomic E-state index is 12.6. The van der Waals surface area contributed by atoms with Crippen LogP contribution in [0.1, 0.15) is 30.3 Å². The van der Waals surface area contributed by atoms with Gasteiger partial charge in [0.05, 0.1) is 30.0 Å². The molecule has 2 aromatic heterocycles. The van der Waals surface area contributed by atoms with Crippen molar-refractivity contribution in [2.75, 3.05) is 20.6 Å². The van der Waals surface area contributed by atoms with E-state index in [9.17, 15) is 4.79 Å². The predicted octanol–water partition coefficient (Wildman–Crippen LogP) is 1.10. The third-order valence-corrected chi connectivity index (χ3v) is 3.97. The molecular formula is C16H22N6O. The molecule has 3 rings (SSSR count). The molecule has 23 heavy (non-hydrogen) atoms. The number of nitrogens with zero attached hydrogens (tertiary/aromatic N) is 6. The van der Waals surface area contributed by atoms with E-state index in [1.165, 1.54) is 0 Å². The standard InChI is InChI=1S/C16H22N6O/c1-20(2)10-13-8-18-9-14(19-13)15-4-3-6-22(15)16(23)11-21-7-5-17-12-21/h5,7-9,12,15H,3-4,6,10-11H2,1-2H3. The lowest BCUT2D eigenvalue weighted by atomic mass is 10.1. The summed E-state index contributed by atoms with van der Waals surface area (Å²) < 4.78 is 1.80. The molecule has 3 heterocycles. The summed E-state index contributed by atoms with van der Waals surface area (Å²) in [4.78, 5) is 29.6. The van der Waals surface area contributed by atoms with Crippen LogP contribution in [0.15, 0.2) is 31.1 Å². The normalized spacial score (nSPS) is 17.9. The second kappa shape index (κ2) is 6.87. The molecule has 7 heteroatoms. The SMILES string of the molecule is CN(C)Cc1cncc(C2CCCN2C(=O)Cn2ccnc2)n1. The maximum Gasteiger partial charge on any atom is 0.243 e. The number of amides is 1. The van der Waals surface area contributed by atoms with E-state index in [4.69, 9.17) is 4.98 Å². The highest BCUT2D eigenvalue weighted by Gasteiger charge is 2.31. The second-order valence-electron chi connectivity index (χ2n) is 6.15. The minimum absolute atomic E-state index is 0.0284. The summed E-state index contributed by atoms with van der Waals surface area (Å²) in [5.41, 5.74) is 1.82. The molecule has 1 unspecified atom stereocenters. The summed E-state index contributed by atoms with van der Waals surface area (Å²) >= 11 is 0. The van der Waals surface area contributed by atoms with Crippen LogP contribution in [0.4, 0.5) is 0 Å². The minimum atomic E-state index is 0.0284. The first kappa shape index (κ1) is 15.6. The molecule has 0 saturated carbocycles. The largest absolute Gasteiger partial charge is 0.332 e. The lowest BCUT2D eigenvalue weighted by Crippen LogP contribution is -2.33. The van der Waals surface area contributed by atoms with Crippen molar-refractivity contribution in [1.29, 1.82) is 0 Å². The first-order valence-corrected chi connectivity index (χ1v) is 7.84. The Kier molecular flexibility index (Phi) is 4.66. The van der Waals surface area contributed by atoms with Gasteiger partial charge in [-0.3, -0.25) is 14.8 Å². The molecule has 0 spiro atoms. The summed E-state index contributed by atoms with van der Waals surface area (Å²) in [5, 5.41) is 0. The Hall–Kier alpha value is -2.28. The van der Waals surface area contributed by atoms with Crippen LogP contribution in [0.5, 0.6) is 0 Å². The molecule has 0 N–H and O–H groups in total. The van der Waals surface area contributed by atoms with Gasteiger partial charge in [-0.05, 0) is 26.9 Å². The van der Waals surface area contributed by atoms with Gasteiger partial charge in [-0.2, -0.15) is 0 Å². The Labute approximate surface area is 136 Å². The Morgan fingerprint density at radius 3 is 2.96 bits per heavy atom. The molecule has 122 valence electrons. The summed E-state index contributed by atoms with van der Waals surface area (Å²) in [6.45, 7) is 1.84. The van der Waals surface area contributed by atoms with Gasteiger partial charge in [-0.15, -0.1) is 0 Å². The van der Waals surface area contributed by atoms with Crippen molar-refractivity contribution >= 4 is 5.91 Å². The number of hydrogen-bond acceptors (Lipinski definition) is 5. The van der Waals surface area contributed by atoms with Crippen molar-refractivity contribution in [2.24, 2.45) is 0 Å². The lowest BCUT2D eigenvalue weighted by molar-refractivity contribution is -0.132. The highest BCUT2D eigenvalue weighted by molar-refractivity contribution is 5.76. The van der Waals surface area contributed by atoms with Crippen LogP contribution in [0, 0.1) is 0 Å². The van der Waals surface area contributed by atoms with Gasteiger partial charge in [0.15, 0.2) is 0 Å². The molecule has 0 bridgehead atoms. The molecule has 2 aromatic rings. The van der Waals surface area contributed by atoms with Crippen molar-refractivity contribution < 1.29 is 4.79 Å². The van der Waals surface area contributed by atoms with Gasteiger partial charge >= 0.3 is 0 Å². The van der Waals surface area contributed by atoms with Crippen molar-refractivity contribution in [3.05, 3.63) is 42.5 Å². The van der Waals surface area contributed by atoms with Gasteiger partial charge in [-0.25, -0.2) is 4.98 Å². The Balaban J connectivity index is 1.74. The highest BCUT2D eigenvalue weighted by atomic mass is 16.2. The zero-order valence-electron chi connectivity index (χ0n) is 13.6. The fraction of sp³-hybridized carbons (Fsp3) is 0.500. The van der Waals surface area contributed by atoms with E-state index in [1.54, 1.807) is 35.7 Å². The minimum Gasteiger partial charge on any atom is -0.332 e. The lowest BCUT2D eigenvalue weighted by Gasteiger charge is -2.24. The quantitative estimate of drug-likeness (QED) is 0.827. The Morgan fingerprint density at radius 2 is 2.22 bits per heavy atom. The highest BCUT2D eigenvalue weighted by Crippen LogP contribution is 2.30. The maximum absolute atomic E-state index is 12.6. The summed E-state index contributed by atoms with van der Waals surface area (Å²) in [7, 11) is 4.01. The predicted molar refractivity (Wildman–Crippen MR) is 85.3 cm³/mol. The van der Waals surface area contributed by atoms with Crippen LogP contribution >= 0.6 is 0 Å². The molecule has 1 aliphatic rings. The molecule has 1 amide bonds. The van der Waals surface area contributed by atoms with Crippen molar-refractivity contribution in [2.45, 2.75) is 32.0 Å². The zero-order chi connectivity index (χ0) is 16.2. The van der Waals surface area contributed by atoms with Crippen molar-refractivity contribution in [3.8, 4) is 0 Å². The van der Waals surface area contributed by atoms with Gasteiger partial charge < -0.3 is 14.4 Å².